The van der Waals surface area contributed by atoms with Gasteiger partial charge in [0.2, 0.25) is 0 Å². The van der Waals surface area contributed by atoms with E-state index >= 15 is 0 Å². The SMILES string of the molecule is Cc1ccc(C(C)NC(=O)N(CCCC(=O)O)C(C)C)s1. The number of thiophene rings is 1. The van der Waals surface area contributed by atoms with Crippen molar-refractivity contribution in [3.05, 3.63) is 21.9 Å². The van der Waals surface area contributed by atoms with Crippen LogP contribution in [0.25, 0.3) is 0 Å². The number of carboxylic acid groups (broad SMARTS) is 1. The van der Waals surface area contributed by atoms with Gasteiger partial charge in [0, 0.05) is 28.8 Å². The predicted molar refractivity (Wildman–Crippen MR) is 84.7 cm³/mol. The van der Waals surface area contributed by atoms with E-state index in [2.05, 4.69) is 5.32 Å². The van der Waals surface area contributed by atoms with Crippen LogP contribution in [0, 0.1) is 6.92 Å². The highest BCUT2D eigenvalue weighted by atomic mass is 32.1. The number of amides is 2. The van der Waals surface area contributed by atoms with Gasteiger partial charge in [-0.3, -0.25) is 4.79 Å². The Morgan fingerprint density at radius 1 is 1.33 bits per heavy atom. The molecule has 0 fully saturated rings. The number of nitrogens with zero attached hydrogens (tertiary/aromatic N) is 1. The van der Waals surface area contributed by atoms with E-state index in [0.29, 0.717) is 13.0 Å². The first-order chi connectivity index (χ1) is 9.81. The molecule has 0 aliphatic carbocycles. The fourth-order valence-electron chi connectivity index (χ4n) is 2.02. The molecule has 1 aromatic heterocycles. The molecule has 0 saturated heterocycles. The Morgan fingerprint density at radius 2 is 2.00 bits per heavy atom. The first-order valence-electron chi connectivity index (χ1n) is 7.16. The number of aliphatic carboxylic acids is 1. The average Bonchev–Trinajstić information content (AvgIpc) is 2.80. The van der Waals surface area contributed by atoms with Crippen LogP contribution in [0.15, 0.2) is 12.1 Å². The second-order valence-electron chi connectivity index (χ2n) is 5.40. The number of urea groups is 1. The first kappa shape index (κ1) is 17.5. The summed E-state index contributed by atoms with van der Waals surface area (Å²) < 4.78 is 0. The van der Waals surface area contributed by atoms with Crippen molar-refractivity contribution in [3.63, 3.8) is 0 Å². The molecule has 0 spiro atoms. The molecule has 0 radical (unpaired) electrons. The lowest BCUT2D eigenvalue weighted by molar-refractivity contribution is -0.137. The smallest absolute Gasteiger partial charge is 0.318 e. The minimum atomic E-state index is -0.832. The van der Waals surface area contributed by atoms with Crippen LogP contribution in [-0.4, -0.2) is 34.6 Å². The Hall–Kier alpha value is -1.56. The molecule has 1 unspecified atom stereocenters. The molecule has 0 saturated carbocycles. The van der Waals surface area contributed by atoms with Gasteiger partial charge < -0.3 is 15.3 Å². The first-order valence-corrected chi connectivity index (χ1v) is 7.98. The molecule has 6 heteroatoms. The highest BCUT2D eigenvalue weighted by Gasteiger charge is 2.19. The molecule has 5 nitrogen and oxygen atoms in total. The summed E-state index contributed by atoms with van der Waals surface area (Å²) in [5.74, 6) is -0.832. The van der Waals surface area contributed by atoms with Gasteiger partial charge in [-0.15, -0.1) is 11.3 Å². The zero-order valence-electron chi connectivity index (χ0n) is 13.0. The lowest BCUT2D eigenvalue weighted by atomic mass is 10.2. The van der Waals surface area contributed by atoms with Crippen molar-refractivity contribution >= 4 is 23.3 Å². The molecule has 1 heterocycles. The summed E-state index contributed by atoms with van der Waals surface area (Å²) in [4.78, 5) is 26.9. The Morgan fingerprint density at radius 3 is 2.48 bits per heavy atom. The van der Waals surface area contributed by atoms with E-state index in [0.717, 1.165) is 4.88 Å². The highest BCUT2D eigenvalue weighted by Crippen LogP contribution is 2.22. The summed E-state index contributed by atoms with van der Waals surface area (Å²) in [6.45, 7) is 8.31. The second kappa shape index (κ2) is 8.02. The maximum absolute atomic E-state index is 12.3. The Bertz CT molecular complexity index is 485. The molecule has 2 amide bonds. The zero-order chi connectivity index (χ0) is 16.0. The number of nitrogens with one attached hydrogen (secondary N) is 1. The fourth-order valence-corrected chi connectivity index (χ4v) is 2.90. The third-order valence-corrected chi connectivity index (χ3v) is 4.39. The number of carbonyl (C=O) groups excluding carboxylic acids is 1. The standard InChI is InChI=1S/C15H24N2O3S/c1-10(2)17(9-5-6-14(18)19)15(20)16-12(4)13-8-7-11(3)21-13/h7-8,10,12H,5-6,9H2,1-4H3,(H,16,20)(H,18,19). The van der Waals surface area contributed by atoms with Gasteiger partial charge in [0.25, 0.3) is 0 Å². The Kier molecular flexibility index (Phi) is 6.68. The van der Waals surface area contributed by atoms with E-state index in [-0.39, 0.29) is 24.5 Å². The minimum Gasteiger partial charge on any atom is -0.481 e. The van der Waals surface area contributed by atoms with Gasteiger partial charge in [0.05, 0.1) is 6.04 Å². The largest absolute Gasteiger partial charge is 0.481 e. The van der Waals surface area contributed by atoms with Crippen LogP contribution in [0.2, 0.25) is 0 Å². The maximum Gasteiger partial charge on any atom is 0.318 e. The summed E-state index contributed by atoms with van der Waals surface area (Å²) in [5, 5.41) is 11.7. The summed E-state index contributed by atoms with van der Waals surface area (Å²) in [5.41, 5.74) is 0. The number of carbonyl (C=O) groups is 2. The predicted octanol–water partition coefficient (Wildman–Crippen LogP) is 3.40. The van der Waals surface area contributed by atoms with E-state index in [9.17, 15) is 9.59 Å². The zero-order valence-corrected chi connectivity index (χ0v) is 13.9. The van der Waals surface area contributed by atoms with Crippen molar-refractivity contribution in [2.75, 3.05) is 6.54 Å². The molecule has 118 valence electrons. The van der Waals surface area contributed by atoms with Crippen LogP contribution in [0.1, 0.15) is 49.4 Å². The minimum absolute atomic E-state index is 0.0380. The van der Waals surface area contributed by atoms with Crippen LogP contribution in [-0.2, 0) is 4.79 Å². The van der Waals surface area contributed by atoms with E-state index in [1.54, 1.807) is 16.2 Å². The molecule has 0 aliphatic heterocycles. The highest BCUT2D eigenvalue weighted by molar-refractivity contribution is 7.12. The third-order valence-electron chi connectivity index (χ3n) is 3.20. The molecule has 1 atom stereocenters. The molecule has 21 heavy (non-hydrogen) atoms. The molecular weight excluding hydrogens is 288 g/mol. The van der Waals surface area contributed by atoms with Crippen molar-refractivity contribution in [2.45, 2.75) is 52.6 Å². The second-order valence-corrected chi connectivity index (χ2v) is 6.72. The summed E-state index contributed by atoms with van der Waals surface area (Å²) in [6, 6.07) is 3.91. The molecule has 0 aromatic carbocycles. The number of rotatable bonds is 7. The third kappa shape index (κ3) is 5.75. The Labute approximate surface area is 130 Å². The van der Waals surface area contributed by atoms with Gasteiger partial charge >= 0.3 is 12.0 Å². The van der Waals surface area contributed by atoms with Crippen molar-refractivity contribution < 1.29 is 14.7 Å². The number of aryl methyl sites for hydroxylation is 1. The van der Waals surface area contributed by atoms with Gasteiger partial charge in [-0.05, 0) is 46.2 Å². The molecule has 1 rings (SSSR count). The molecular formula is C15H24N2O3S. The van der Waals surface area contributed by atoms with Crippen LogP contribution in [0.5, 0.6) is 0 Å². The fraction of sp³-hybridized carbons (Fsp3) is 0.600. The molecule has 2 N–H and O–H groups in total. The normalized spacial score (nSPS) is 12.2. The summed E-state index contributed by atoms with van der Waals surface area (Å²) in [7, 11) is 0. The van der Waals surface area contributed by atoms with Gasteiger partial charge in [0.15, 0.2) is 0 Å². The van der Waals surface area contributed by atoms with E-state index < -0.39 is 5.97 Å². The maximum atomic E-state index is 12.3. The van der Waals surface area contributed by atoms with Gasteiger partial charge in [0.1, 0.15) is 0 Å². The van der Waals surface area contributed by atoms with Gasteiger partial charge in [-0.25, -0.2) is 4.79 Å². The average molecular weight is 312 g/mol. The molecule has 0 bridgehead atoms. The van der Waals surface area contributed by atoms with E-state index in [4.69, 9.17) is 5.11 Å². The van der Waals surface area contributed by atoms with Crippen molar-refractivity contribution in [1.29, 1.82) is 0 Å². The summed E-state index contributed by atoms with van der Waals surface area (Å²) in [6.07, 6.45) is 0.545. The monoisotopic (exact) mass is 312 g/mol. The number of hydrogen-bond acceptors (Lipinski definition) is 3. The van der Waals surface area contributed by atoms with Crippen molar-refractivity contribution in [3.8, 4) is 0 Å². The van der Waals surface area contributed by atoms with Crippen LogP contribution >= 0.6 is 11.3 Å². The van der Waals surface area contributed by atoms with E-state index in [1.807, 2.05) is 39.8 Å². The number of carboxylic acids is 1. The van der Waals surface area contributed by atoms with Crippen LogP contribution in [0.3, 0.4) is 0 Å². The number of hydrogen-bond donors (Lipinski definition) is 2. The lowest BCUT2D eigenvalue weighted by Gasteiger charge is -2.28. The summed E-state index contributed by atoms with van der Waals surface area (Å²) >= 11 is 1.67. The van der Waals surface area contributed by atoms with E-state index in [1.165, 1.54) is 4.88 Å². The Balaban J connectivity index is 2.58. The quantitative estimate of drug-likeness (QED) is 0.810. The van der Waals surface area contributed by atoms with Crippen molar-refractivity contribution in [1.82, 2.24) is 10.2 Å². The molecule has 1 aromatic rings. The lowest BCUT2D eigenvalue weighted by Crippen LogP contribution is -2.45. The van der Waals surface area contributed by atoms with Gasteiger partial charge in [-0.1, -0.05) is 0 Å². The molecule has 0 aliphatic rings. The van der Waals surface area contributed by atoms with Crippen molar-refractivity contribution in [2.24, 2.45) is 0 Å². The topological polar surface area (TPSA) is 69.6 Å². The van der Waals surface area contributed by atoms with Crippen LogP contribution < -0.4 is 5.32 Å². The van der Waals surface area contributed by atoms with Gasteiger partial charge in [-0.2, -0.15) is 0 Å². The van der Waals surface area contributed by atoms with Crippen LogP contribution in [0.4, 0.5) is 4.79 Å².